The number of rotatable bonds is 10. The summed E-state index contributed by atoms with van der Waals surface area (Å²) < 4.78 is 0.547. The molecule has 4 heterocycles. The number of halogens is 1. The van der Waals surface area contributed by atoms with Crippen LogP contribution in [0.5, 0.6) is 0 Å². The fourth-order valence-electron chi connectivity index (χ4n) is 5.61. The molecular formula is C34H37IN8. The van der Waals surface area contributed by atoms with E-state index in [4.69, 9.17) is 4.98 Å². The molecule has 0 spiro atoms. The van der Waals surface area contributed by atoms with E-state index in [2.05, 4.69) is 121 Å². The van der Waals surface area contributed by atoms with Crippen LogP contribution >= 0.6 is 22.6 Å². The van der Waals surface area contributed by atoms with Crippen molar-refractivity contribution in [2.24, 2.45) is 0 Å². The molecule has 1 aliphatic heterocycles. The van der Waals surface area contributed by atoms with E-state index in [-0.39, 0.29) is 0 Å². The number of nitrogens with zero attached hydrogens (tertiary/aromatic N) is 5. The molecule has 1 unspecified atom stereocenters. The predicted octanol–water partition coefficient (Wildman–Crippen LogP) is 8.00. The Bertz CT molecular complexity index is 1670. The molecule has 6 rings (SSSR count). The monoisotopic (exact) mass is 684 g/mol. The van der Waals surface area contributed by atoms with Crippen molar-refractivity contribution in [3.8, 4) is 11.3 Å². The molecule has 8 nitrogen and oxygen atoms in total. The molecule has 0 bridgehead atoms. The van der Waals surface area contributed by atoms with Crippen molar-refractivity contribution >= 4 is 62.3 Å². The van der Waals surface area contributed by atoms with Gasteiger partial charge in [-0.2, -0.15) is 0 Å². The molecule has 3 N–H and O–H groups in total. The normalized spacial score (nSPS) is 14.5. The Morgan fingerprint density at radius 1 is 0.953 bits per heavy atom. The minimum Gasteiger partial charge on any atom is -0.371 e. The number of aryl methyl sites for hydroxylation is 1. The number of piperidine rings is 1. The molecule has 1 saturated heterocycles. The summed E-state index contributed by atoms with van der Waals surface area (Å²) in [6, 6.07) is 23.2. The van der Waals surface area contributed by atoms with Crippen LogP contribution in [-0.2, 0) is 0 Å². The molecule has 2 aromatic carbocycles. The van der Waals surface area contributed by atoms with Gasteiger partial charge < -0.3 is 20.9 Å². The molecule has 1 atom stereocenters. The van der Waals surface area contributed by atoms with Gasteiger partial charge in [0, 0.05) is 71.8 Å². The number of alkyl halides is 1. The summed E-state index contributed by atoms with van der Waals surface area (Å²) >= 11 is 2.55. The first-order valence-corrected chi connectivity index (χ1v) is 16.2. The van der Waals surface area contributed by atoms with Gasteiger partial charge in [0.2, 0.25) is 5.95 Å². The van der Waals surface area contributed by atoms with Crippen molar-refractivity contribution in [2.75, 3.05) is 28.6 Å². The molecule has 43 heavy (non-hydrogen) atoms. The molecule has 1 aliphatic rings. The van der Waals surface area contributed by atoms with Gasteiger partial charge in [0.05, 0.1) is 15.3 Å². The van der Waals surface area contributed by atoms with Gasteiger partial charge in [-0.1, -0.05) is 54.1 Å². The Morgan fingerprint density at radius 3 is 2.60 bits per heavy atom. The third-order valence-corrected chi connectivity index (χ3v) is 8.83. The second kappa shape index (κ2) is 13.6. The lowest BCUT2D eigenvalue weighted by molar-refractivity contribution is 0.406. The first kappa shape index (κ1) is 29.3. The quantitative estimate of drug-likeness (QED) is 0.0775. The van der Waals surface area contributed by atoms with Crippen molar-refractivity contribution in [1.82, 2.24) is 25.3 Å². The van der Waals surface area contributed by atoms with E-state index in [1.165, 1.54) is 23.9 Å². The summed E-state index contributed by atoms with van der Waals surface area (Å²) in [5.41, 5.74) is 7.02. The average Bonchev–Trinajstić information content (AvgIpc) is 3.03. The maximum Gasteiger partial charge on any atom is 0.227 e. The Morgan fingerprint density at radius 2 is 1.81 bits per heavy atom. The predicted molar refractivity (Wildman–Crippen MR) is 186 cm³/mol. The highest BCUT2D eigenvalue weighted by Crippen LogP contribution is 2.33. The van der Waals surface area contributed by atoms with Gasteiger partial charge in [-0.15, -0.1) is 0 Å². The third-order valence-electron chi connectivity index (χ3n) is 7.85. The van der Waals surface area contributed by atoms with E-state index in [0.717, 1.165) is 65.5 Å². The molecular weight excluding hydrogens is 647 g/mol. The Kier molecular flexibility index (Phi) is 9.28. The molecule has 0 radical (unpaired) electrons. The second-order valence-corrected chi connectivity index (χ2v) is 12.5. The summed E-state index contributed by atoms with van der Waals surface area (Å²) in [6.07, 6.45) is 10.0. The molecule has 5 aromatic rings. The number of anilines is 5. The third kappa shape index (κ3) is 7.22. The first-order chi connectivity index (χ1) is 21.1. The van der Waals surface area contributed by atoms with Gasteiger partial charge in [-0.05, 0) is 74.2 Å². The van der Waals surface area contributed by atoms with Gasteiger partial charge in [0.1, 0.15) is 5.82 Å². The Hall–Kier alpha value is -3.83. The molecule has 0 amide bonds. The van der Waals surface area contributed by atoms with E-state index < -0.39 is 0 Å². The molecule has 1 fully saturated rings. The van der Waals surface area contributed by atoms with Gasteiger partial charge in [0.25, 0.3) is 0 Å². The number of para-hydroxylation sites is 1. The number of hydrogen-bond acceptors (Lipinski definition) is 8. The average molecular weight is 685 g/mol. The number of aromatic nitrogens is 4. The van der Waals surface area contributed by atoms with Gasteiger partial charge >= 0.3 is 0 Å². The topological polar surface area (TPSA) is 90.9 Å². The van der Waals surface area contributed by atoms with Crippen molar-refractivity contribution < 1.29 is 0 Å². The summed E-state index contributed by atoms with van der Waals surface area (Å²) in [4.78, 5) is 20.8. The number of hydrogen-bond donors (Lipinski definition) is 3. The van der Waals surface area contributed by atoms with Crippen LogP contribution in [0.1, 0.15) is 38.2 Å². The fourth-order valence-corrected chi connectivity index (χ4v) is 6.74. The number of nitrogens with one attached hydrogen (secondary N) is 3. The minimum absolute atomic E-state index is 0.546. The second-order valence-electron chi connectivity index (χ2n) is 11.0. The zero-order valence-electron chi connectivity index (χ0n) is 24.6. The van der Waals surface area contributed by atoms with E-state index in [0.29, 0.717) is 16.0 Å². The summed E-state index contributed by atoms with van der Waals surface area (Å²) in [7, 11) is 0. The van der Waals surface area contributed by atoms with E-state index in [1.54, 1.807) is 18.6 Å². The zero-order chi connectivity index (χ0) is 29.6. The standard InChI is InChI=1S/C34H37IN8/c1-3-7-32(35)38-25-14-18-43(19-15-25)31-21-33(40-30-10-5-4-9-27(30)31)39-26-11-12-28(23(2)20-26)41-34-37-17-13-29(42-34)24-8-6-16-36-22-24/h4-6,8-13,16-17,20-22,25,32,38H,3,7,14-15,18-19H2,1-2H3,(H,39,40)(H,37,41,42). The summed E-state index contributed by atoms with van der Waals surface area (Å²) in [5, 5.41) is 12.0. The van der Waals surface area contributed by atoms with Crippen LogP contribution in [0.4, 0.5) is 28.8 Å². The lowest BCUT2D eigenvalue weighted by Gasteiger charge is -2.35. The first-order valence-electron chi connectivity index (χ1n) is 15.0. The highest BCUT2D eigenvalue weighted by molar-refractivity contribution is 14.1. The van der Waals surface area contributed by atoms with E-state index in [9.17, 15) is 0 Å². The molecule has 0 saturated carbocycles. The van der Waals surface area contributed by atoms with Gasteiger partial charge in [-0.3, -0.25) is 4.98 Å². The lowest BCUT2D eigenvalue weighted by Crippen LogP contribution is -2.44. The van der Waals surface area contributed by atoms with Gasteiger partial charge in [0.15, 0.2) is 0 Å². The summed E-state index contributed by atoms with van der Waals surface area (Å²) in [5.74, 6) is 1.39. The number of fused-ring (bicyclic) bond motifs is 1. The van der Waals surface area contributed by atoms with Crippen LogP contribution in [0, 0.1) is 6.92 Å². The van der Waals surface area contributed by atoms with Crippen LogP contribution in [-0.4, -0.2) is 43.1 Å². The van der Waals surface area contributed by atoms with Crippen molar-refractivity contribution in [1.29, 1.82) is 0 Å². The number of benzene rings is 2. The maximum absolute atomic E-state index is 4.97. The van der Waals surface area contributed by atoms with Crippen LogP contribution < -0.4 is 20.9 Å². The SMILES string of the molecule is CCCC(I)NC1CCN(c2cc(Nc3ccc(Nc4nccc(-c5cccnc5)n4)c(C)c3)nc3ccccc23)CC1. The van der Waals surface area contributed by atoms with Crippen LogP contribution in [0.25, 0.3) is 22.2 Å². The van der Waals surface area contributed by atoms with Crippen molar-refractivity contribution in [3.05, 3.63) is 90.9 Å². The van der Waals surface area contributed by atoms with Crippen molar-refractivity contribution in [3.63, 3.8) is 0 Å². The van der Waals surface area contributed by atoms with Crippen molar-refractivity contribution in [2.45, 2.75) is 49.6 Å². The molecule has 220 valence electrons. The van der Waals surface area contributed by atoms with Crippen LogP contribution in [0.2, 0.25) is 0 Å². The maximum atomic E-state index is 4.97. The minimum atomic E-state index is 0.546. The van der Waals surface area contributed by atoms with E-state index in [1.807, 2.05) is 18.2 Å². The fraction of sp³-hybridized carbons (Fsp3) is 0.294. The molecule has 0 aliphatic carbocycles. The van der Waals surface area contributed by atoms with Crippen LogP contribution in [0.3, 0.4) is 0 Å². The molecule has 3 aromatic heterocycles. The lowest BCUT2D eigenvalue weighted by atomic mass is 10.0. The molecule has 9 heteroatoms. The largest absolute Gasteiger partial charge is 0.371 e. The zero-order valence-corrected chi connectivity index (χ0v) is 26.8. The smallest absolute Gasteiger partial charge is 0.227 e. The Labute approximate surface area is 266 Å². The van der Waals surface area contributed by atoms with E-state index >= 15 is 0 Å². The summed E-state index contributed by atoms with van der Waals surface area (Å²) in [6.45, 7) is 6.40. The highest BCUT2D eigenvalue weighted by atomic mass is 127. The highest BCUT2D eigenvalue weighted by Gasteiger charge is 2.22. The number of pyridine rings is 2. The Balaban J connectivity index is 1.17. The van der Waals surface area contributed by atoms with Gasteiger partial charge in [-0.25, -0.2) is 15.0 Å². The van der Waals surface area contributed by atoms with Crippen LogP contribution in [0.15, 0.2) is 85.3 Å².